The number of hydrogen-bond acceptors (Lipinski definition) is 6. The average molecular weight is 268 g/mol. The minimum Gasteiger partial charge on any atom is -0.294 e. The molecular weight excluding hydrogens is 256 g/mol. The smallest absolute Gasteiger partial charge is 0.273 e. The molecule has 0 aliphatic heterocycles. The van der Waals surface area contributed by atoms with Gasteiger partial charge in [0, 0.05) is 11.6 Å². The third kappa shape index (κ3) is 2.22. The zero-order valence-electron chi connectivity index (χ0n) is 9.85. The maximum atomic E-state index is 11.4. The molecule has 0 saturated heterocycles. The Morgan fingerprint density at radius 1 is 1.28 bits per heavy atom. The fraction of sp³-hybridized carbons (Fsp3) is 0.333. The first-order chi connectivity index (χ1) is 8.41. The van der Waals surface area contributed by atoms with Gasteiger partial charge in [0.05, 0.1) is 12.4 Å². The lowest BCUT2D eigenvalue weighted by Crippen LogP contribution is -2.20. The fourth-order valence-electron chi connectivity index (χ4n) is 1.56. The highest BCUT2D eigenvalue weighted by atomic mass is 32.2. The molecule has 8 nitrogen and oxygen atoms in total. The van der Waals surface area contributed by atoms with Crippen LogP contribution in [0.15, 0.2) is 23.6 Å². The topological polar surface area (TPSA) is 117 Å². The monoisotopic (exact) mass is 268 g/mol. The van der Waals surface area contributed by atoms with E-state index in [2.05, 4.69) is 20.4 Å². The molecule has 0 radical (unpaired) electrons. The van der Waals surface area contributed by atoms with Crippen LogP contribution in [0.4, 0.5) is 0 Å². The molecule has 2 aromatic rings. The first-order valence-corrected chi connectivity index (χ1v) is 6.70. The highest BCUT2D eigenvalue weighted by molar-refractivity contribution is 7.89. The second kappa shape index (κ2) is 4.42. The summed E-state index contributed by atoms with van der Waals surface area (Å²) in [5.41, 5.74) is 0.626. The molecule has 2 aromatic heterocycles. The van der Waals surface area contributed by atoms with Crippen LogP contribution in [-0.4, -0.2) is 33.4 Å². The van der Waals surface area contributed by atoms with Crippen molar-refractivity contribution in [3.05, 3.63) is 18.5 Å². The van der Waals surface area contributed by atoms with E-state index in [1.54, 1.807) is 6.07 Å². The van der Waals surface area contributed by atoms with Crippen LogP contribution in [0, 0.1) is 0 Å². The van der Waals surface area contributed by atoms with E-state index in [1.807, 2.05) is 13.8 Å². The van der Waals surface area contributed by atoms with E-state index in [1.165, 1.54) is 17.0 Å². The van der Waals surface area contributed by atoms with Gasteiger partial charge in [-0.2, -0.15) is 10.2 Å². The Morgan fingerprint density at radius 3 is 2.50 bits per heavy atom. The molecule has 2 heterocycles. The Hall–Kier alpha value is -1.87. The molecule has 0 amide bonds. The van der Waals surface area contributed by atoms with Crippen LogP contribution in [0.1, 0.15) is 19.9 Å². The van der Waals surface area contributed by atoms with Crippen LogP contribution in [0.3, 0.4) is 0 Å². The summed E-state index contributed by atoms with van der Waals surface area (Å²) in [6, 6.07) is 1.51. The molecule has 18 heavy (non-hydrogen) atoms. The lowest BCUT2D eigenvalue weighted by molar-refractivity contribution is 0.524. The molecule has 0 aliphatic rings. The van der Waals surface area contributed by atoms with Gasteiger partial charge in [0.2, 0.25) is 0 Å². The molecule has 0 atom stereocenters. The molecule has 9 heteroatoms. The van der Waals surface area contributed by atoms with Gasteiger partial charge in [-0.25, -0.2) is 13.6 Å². The van der Waals surface area contributed by atoms with Gasteiger partial charge in [0.25, 0.3) is 15.2 Å². The van der Waals surface area contributed by atoms with Crippen molar-refractivity contribution in [3.63, 3.8) is 0 Å². The maximum Gasteiger partial charge on any atom is 0.273 e. The van der Waals surface area contributed by atoms with Gasteiger partial charge in [0.15, 0.2) is 5.82 Å². The van der Waals surface area contributed by atoms with Gasteiger partial charge in [-0.15, -0.1) is 10.2 Å². The number of nitrogens with zero attached hydrogens (tertiary/aromatic N) is 5. The summed E-state index contributed by atoms with van der Waals surface area (Å²) in [6.45, 7) is 3.63. The van der Waals surface area contributed by atoms with Crippen molar-refractivity contribution in [1.82, 2.24) is 25.0 Å². The molecular formula is C9H12N6O2S. The van der Waals surface area contributed by atoms with Gasteiger partial charge in [0.1, 0.15) is 0 Å². The largest absolute Gasteiger partial charge is 0.294 e. The zero-order chi connectivity index (χ0) is 13.3. The van der Waals surface area contributed by atoms with Crippen LogP contribution in [0.2, 0.25) is 0 Å². The standard InChI is InChI=1S/C9H12N6O2S/c1-6(2)15-8(7-3-4-11-12-5-7)13-14-9(15)18(10,16)17/h3-6H,1-2H3,(H2,10,16,17). The summed E-state index contributed by atoms with van der Waals surface area (Å²) >= 11 is 0. The van der Waals surface area contributed by atoms with Crippen molar-refractivity contribution in [2.45, 2.75) is 25.0 Å². The van der Waals surface area contributed by atoms with E-state index in [-0.39, 0.29) is 11.2 Å². The van der Waals surface area contributed by atoms with Gasteiger partial charge in [-0.3, -0.25) is 4.57 Å². The van der Waals surface area contributed by atoms with Crippen molar-refractivity contribution in [1.29, 1.82) is 0 Å². The van der Waals surface area contributed by atoms with Crippen LogP contribution in [0.25, 0.3) is 11.4 Å². The first kappa shape index (κ1) is 12.6. The normalized spacial score (nSPS) is 12.0. The van der Waals surface area contributed by atoms with Gasteiger partial charge in [-0.05, 0) is 19.9 Å². The van der Waals surface area contributed by atoms with Gasteiger partial charge in [-0.1, -0.05) is 0 Å². The number of rotatable bonds is 3. The predicted molar refractivity (Wildman–Crippen MR) is 62.8 cm³/mol. The summed E-state index contributed by atoms with van der Waals surface area (Å²) < 4.78 is 24.3. The van der Waals surface area contributed by atoms with E-state index in [0.717, 1.165) is 0 Å². The number of hydrogen-bond donors (Lipinski definition) is 1. The lowest BCUT2D eigenvalue weighted by atomic mass is 10.3. The lowest BCUT2D eigenvalue weighted by Gasteiger charge is -2.12. The second-order valence-corrected chi connectivity index (χ2v) is 5.40. The number of nitrogens with two attached hydrogens (primary N) is 1. The molecule has 0 spiro atoms. The minimum absolute atomic E-state index is 0.156. The molecule has 2 rings (SSSR count). The predicted octanol–water partition coefficient (Wildman–Crippen LogP) is -0.0366. The van der Waals surface area contributed by atoms with Crippen LogP contribution in [-0.2, 0) is 10.0 Å². The summed E-state index contributed by atoms with van der Waals surface area (Å²) in [5, 5.41) is 19.7. The summed E-state index contributed by atoms with van der Waals surface area (Å²) in [4.78, 5) is 0. The highest BCUT2D eigenvalue weighted by Gasteiger charge is 2.23. The maximum absolute atomic E-state index is 11.4. The molecule has 0 bridgehead atoms. The van der Waals surface area contributed by atoms with E-state index in [9.17, 15) is 8.42 Å². The van der Waals surface area contributed by atoms with Crippen molar-refractivity contribution in [2.24, 2.45) is 5.14 Å². The summed E-state index contributed by atoms with van der Waals surface area (Å²) in [6.07, 6.45) is 2.97. The number of sulfonamides is 1. The molecule has 0 saturated carbocycles. The molecule has 0 aromatic carbocycles. The Morgan fingerprint density at radius 2 is 2.00 bits per heavy atom. The molecule has 2 N–H and O–H groups in total. The molecule has 0 fully saturated rings. The third-order valence-electron chi connectivity index (χ3n) is 2.28. The summed E-state index contributed by atoms with van der Waals surface area (Å²) in [5.74, 6) is 0.393. The number of aromatic nitrogens is 5. The molecule has 96 valence electrons. The van der Waals surface area contributed by atoms with Crippen LogP contribution < -0.4 is 5.14 Å². The van der Waals surface area contributed by atoms with Crippen molar-refractivity contribution < 1.29 is 8.42 Å². The zero-order valence-corrected chi connectivity index (χ0v) is 10.7. The minimum atomic E-state index is -3.91. The van der Waals surface area contributed by atoms with Crippen molar-refractivity contribution >= 4 is 10.0 Å². The second-order valence-electron chi connectivity index (χ2n) is 3.95. The molecule has 0 unspecified atom stereocenters. The van der Waals surface area contributed by atoms with Gasteiger partial charge < -0.3 is 0 Å². The van der Waals surface area contributed by atoms with Crippen LogP contribution in [0.5, 0.6) is 0 Å². The SMILES string of the molecule is CC(C)n1c(-c2ccnnc2)nnc1S(N)(=O)=O. The average Bonchev–Trinajstić information content (AvgIpc) is 2.74. The first-order valence-electron chi connectivity index (χ1n) is 5.16. The molecule has 0 aliphatic carbocycles. The quantitative estimate of drug-likeness (QED) is 0.835. The van der Waals surface area contributed by atoms with Gasteiger partial charge >= 0.3 is 0 Å². The Kier molecular flexibility index (Phi) is 3.09. The highest BCUT2D eigenvalue weighted by Crippen LogP contribution is 2.22. The Bertz CT molecular complexity index is 649. The number of primary sulfonamides is 1. The third-order valence-corrected chi connectivity index (χ3v) is 3.07. The Balaban J connectivity index is 2.68. The van der Waals surface area contributed by atoms with E-state index >= 15 is 0 Å². The van der Waals surface area contributed by atoms with E-state index in [4.69, 9.17) is 5.14 Å². The summed E-state index contributed by atoms with van der Waals surface area (Å²) in [7, 11) is -3.91. The van der Waals surface area contributed by atoms with E-state index < -0.39 is 10.0 Å². The van der Waals surface area contributed by atoms with Crippen molar-refractivity contribution in [2.75, 3.05) is 0 Å². The fourth-order valence-corrected chi connectivity index (χ4v) is 2.28. The van der Waals surface area contributed by atoms with Crippen molar-refractivity contribution in [3.8, 4) is 11.4 Å². The Labute approximate surface area is 104 Å². The van der Waals surface area contributed by atoms with Crippen LogP contribution >= 0.6 is 0 Å². The van der Waals surface area contributed by atoms with E-state index in [0.29, 0.717) is 11.4 Å².